The fourth-order valence-electron chi connectivity index (χ4n) is 5.29. The van der Waals surface area contributed by atoms with Gasteiger partial charge >= 0.3 is 7.25 Å². The predicted octanol–water partition coefficient (Wildman–Crippen LogP) is 8.49. The Kier molecular flexibility index (Phi) is 7.55. The van der Waals surface area contributed by atoms with Crippen molar-refractivity contribution in [2.75, 3.05) is 0 Å². The number of allylic oxidation sites excluding steroid dienone is 2. The maximum atomic E-state index is 9.75. The standard InChI is InChI=1S/C25H38N.BF4/c1-17(2)21-10-9-11-22(18(3)4)23(21)26-16-25(15-24(26,7)8)13-12-19(5)14-20(25)6;2-1(3,4)5/h9-11,14,16-18,20H,12-13,15H2,1-8H3;/q+1;-1. The van der Waals surface area contributed by atoms with E-state index in [2.05, 4.69) is 90.5 Å². The van der Waals surface area contributed by atoms with Gasteiger partial charge in [0, 0.05) is 31.4 Å². The van der Waals surface area contributed by atoms with Crippen LogP contribution in [0.15, 0.2) is 29.8 Å². The van der Waals surface area contributed by atoms with Crippen molar-refractivity contribution in [3.8, 4) is 0 Å². The van der Waals surface area contributed by atoms with Crippen LogP contribution in [0.2, 0.25) is 0 Å². The number of rotatable bonds is 3. The summed E-state index contributed by atoms with van der Waals surface area (Å²) in [6.07, 6.45) is 8.94. The SMILES string of the molecule is CC1=CC(C)C2(C=[N+](c3c(C(C)C)cccc3C(C)C)C(C)(C)C2)CC1.F[B-](F)(F)F. The third kappa shape index (κ3) is 6.01. The van der Waals surface area contributed by atoms with Crippen molar-refractivity contribution in [3.63, 3.8) is 0 Å². The lowest BCUT2D eigenvalue weighted by molar-refractivity contribution is -0.513. The molecule has 1 aromatic carbocycles. The fraction of sp³-hybridized carbons (Fsp3) is 0.640. The first-order chi connectivity index (χ1) is 14.1. The Balaban J connectivity index is 0.000000614. The number of benzene rings is 1. The van der Waals surface area contributed by atoms with Crippen molar-refractivity contribution in [2.45, 2.75) is 92.0 Å². The Bertz CT molecular complexity index is 819. The van der Waals surface area contributed by atoms with Gasteiger partial charge in [0.2, 0.25) is 5.69 Å². The first-order valence-electron chi connectivity index (χ1n) is 11.4. The second kappa shape index (κ2) is 9.11. The minimum absolute atomic E-state index is 0.155. The lowest BCUT2D eigenvalue weighted by Gasteiger charge is -2.34. The molecule has 2 unspecified atom stereocenters. The van der Waals surface area contributed by atoms with E-state index in [0.717, 1.165) is 0 Å². The maximum absolute atomic E-state index is 9.75. The predicted molar refractivity (Wildman–Crippen MR) is 124 cm³/mol. The molecule has 0 radical (unpaired) electrons. The van der Waals surface area contributed by atoms with E-state index in [0.29, 0.717) is 23.2 Å². The molecule has 1 aliphatic heterocycles. The molecule has 2 atom stereocenters. The number of halogens is 4. The molecule has 0 bridgehead atoms. The van der Waals surface area contributed by atoms with Crippen LogP contribution in [0.5, 0.6) is 0 Å². The van der Waals surface area contributed by atoms with Gasteiger partial charge in [0.25, 0.3) is 0 Å². The van der Waals surface area contributed by atoms with E-state index in [1.165, 1.54) is 36.1 Å². The van der Waals surface area contributed by atoms with Crippen molar-refractivity contribution >= 4 is 19.2 Å². The summed E-state index contributed by atoms with van der Waals surface area (Å²) in [6, 6.07) is 6.94. The van der Waals surface area contributed by atoms with Gasteiger partial charge in [-0.3, -0.25) is 0 Å². The van der Waals surface area contributed by atoms with Crippen molar-refractivity contribution in [2.24, 2.45) is 11.3 Å². The zero-order valence-corrected chi connectivity index (χ0v) is 20.3. The largest absolute Gasteiger partial charge is 0.673 e. The van der Waals surface area contributed by atoms with Crippen LogP contribution in [0.3, 0.4) is 0 Å². The monoisotopic (exact) mass is 439 g/mol. The van der Waals surface area contributed by atoms with Crippen LogP contribution < -0.4 is 0 Å². The quantitative estimate of drug-likeness (QED) is 0.192. The van der Waals surface area contributed by atoms with Crippen molar-refractivity contribution in [3.05, 3.63) is 41.0 Å². The summed E-state index contributed by atoms with van der Waals surface area (Å²) in [7, 11) is -6.00. The second-order valence-electron chi connectivity index (χ2n) is 10.6. The summed E-state index contributed by atoms with van der Waals surface area (Å²) in [5.41, 5.74) is 6.50. The molecule has 0 saturated heterocycles. The van der Waals surface area contributed by atoms with Crippen molar-refractivity contribution in [1.29, 1.82) is 0 Å². The normalized spacial score (nSPS) is 25.4. The molecule has 1 nitrogen and oxygen atoms in total. The molecule has 2 aliphatic rings. The van der Waals surface area contributed by atoms with E-state index < -0.39 is 7.25 Å². The summed E-state index contributed by atoms with van der Waals surface area (Å²) >= 11 is 0. The Morgan fingerprint density at radius 1 is 1.00 bits per heavy atom. The van der Waals surface area contributed by atoms with Gasteiger partial charge in [0.15, 0.2) is 11.8 Å². The van der Waals surface area contributed by atoms with Gasteiger partial charge in [-0.05, 0) is 37.5 Å². The van der Waals surface area contributed by atoms with Gasteiger partial charge in [-0.1, -0.05) is 64.5 Å². The van der Waals surface area contributed by atoms with Gasteiger partial charge in [-0.15, -0.1) is 0 Å². The van der Waals surface area contributed by atoms with Crippen LogP contribution in [-0.4, -0.2) is 23.6 Å². The van der Waals surface area contributed by atoms with E-state index in [1.54, 1.807) is 5.57 Å². The van der Waals surface area contributed by atoms with Gasteiger partial charge in [0.05, 0.1) is 5.41 Å². The minimum atomic E-state index is -6.00. The van der Waals surface area contributed by atoms with Gasteiger partial charge < -0.3 is 17.3 Å². The molecular formula is C25H38BF4N. The highest BCUT2D eigenvalue weighted by atomic mass is 19.5. The molecule has 0 N–H and O–H groups in total. The Labute approximate surface area is 185 Å². The molecule has 174 valence electrons. The van der Waals surface area contributed by atoms with E-state index in [9.17, 15) is 17.3 Å². The molecule has 6 heteroatoms. The number of para-hydroxylation sites is 1. The molecule has 0 fully saturated rings. The van der Waals surface area contributed by atoms with Gasteiger partial charge in [0.1, 0.15) is 0 Å². The highest BCUT2D eigenvalue weighted by Crippen LogP contribution is 2.51. The first kappa shape index (κ1) is 25.7. The summed E-state index contributed by atoms with van der Waals surface area (Å²) in [5.74, 6) is 1.69. The second-order valence-corrected chi connectivity index (χ2v) is 10.6. The van der Waals surface area contributed by atoms with Gasteiger partial charge in [-0.2, -0.15) is 4.58 Å². The Morgan fingerprint density at radius 2 is 1.48 bits per heavy atom. The molecule has 1 heterocycles. The molecule has 0 saturated carbocycles. The maximum Gasteiger partial charge on any atom is 0.673 e. The van der Waals surface area contributed by atoms with E-state index in [-0.39, 0.29) is 5.54 Å². The van der Waals surface area contributed by atoms with Crippen LogP contribution in [0.1, 0.15) is 97.6 Å². The summed E-state index contributed by atoms with van der Waals surface area (Å²) in [4.78, 5) is 0. The summed E-state index contributed by atoms with van der Waals surface area (Å²) in [6.45, 7) is 18.9. The first-order valence-corrected chi connectivity index (χ1v) is 11.4. The van der Waals surface area contributed by atoms with Crippen LogP contribution in [0.25, 0.3) is 0 Å². The average molecular weight is 439 g/mol. The Morgan fingerprint density at radius 3 is 1.90 bits per heavy atom. The third-order valence-corrected chi connectivity index (χ3v) is 6.81. The molecule has 1 aromatic rings. The average Bonchev–Trinajstić information content (AvgIpc) is 2.88. The van der Waals surface area contributed by atoms with Gasteiger partial charge in [-0.25, -0.2) is 0 Å². The van der Waals surface area contributed by atoms with E-state index in [1.807, 2.05) is 0 Å². The van der Waals surface area contributed by atoms with Crippen LogP contribution in [0.4, 0.5) is 23.0 Å². The lowest BCUT2D eigenvalue weighted by Crippen LogP contribution is -2.34. The molecule has 1 aliphatic carbocycles. The lowest BCUT2D eigenvalue weighted by atomic mass is 9.66. The van der Waals surface area contributed by atoms with E-state index >= 15 is 0 Å². The van der Waals surface area contributed by atoms with Crippen LogP contribution >= 0.6 is 0 Å². The smallest absolute Gasteiger partial charge is 0.418 e. The molecular weight excluding hydrogens is 401 g/mol. The summed E-state index contributed by atoms with van der Waals surface area (Å²) in [5, 5.41) is 0. The fourth-order valence-corrected chi connectivity index (χ4v) is 5.29. The molecule has 0 aromatic heterocycles. The number of hydrogen-bond acceptors (Lipinski definition) is 0. The zero-order chi connectivity index (χ0) is 23.8. The van der Waals surface area contributed by atoms with Crippen LogP contribution in [0, 0.1) is 11.3 Å². The molecule has 31 heavy (non-hydrogen) atoms. The topological polar surface area (TPSA) is 3.01 Å². The number of nitrogens with zero attached hydrogens (tertiary/aromatic N) is 1. The third-order valence-electron chi connectivity index (χ3n) is 6.81. The molecule has 1 spiro atoms. The van der Waals surface area contributed by atoms with Crippen molar-refractivity contribution < 1.29 is 21.8 Å². The zero-order valence-electron chi connectivity index (χ0n) is 20.3. The Hall–Kier alpha value is -1.59. The summed E-state index contributed by atoms with van der Waals surface area (Å²) < 4.78 is 41.7. The number of hydrogen-bond donors (Lipinski definition) is 0. The van der Waals surface area contributed by atoms with Crippen LogP contribution in [-0.2, 0) is 0 Å². The molecule has 0 amide bonds. The highest BCUT2D eigenvalue weighted by Gasteiger charge is 2.54. The van der Waals surface area contributed by atoms with E-state index in [4.69, 9.17) is 0 Å². The molecule has 3 rings (SSSR count). The minimum Gasteiger partial charge on any atom is -0.418 e. The van der Waals surface area contributed by atoms with Crippen molar-refractivity contribution in [1.82, 2.24) is 0 Å². The highest BCUT2D eigenvalue weighted by molar-refractivity contribution is 6.50.